The van der Waals surface area contributed by atoms with Gasteiger partial charge in [0.2, 0.25) is 0 Å². The lowest BCUT2D eigenvalue weighted by Crippen LogP contribution is -2.22. The van der Waals surface area contributed by atoms with Gasteiger partial charge in [0.15, 0.2) is 0 Å². The third kappa shape index (κ3) is 4.38. The van der Waals surface area contributed by atoms with E-state index in [0.717, 1.165) is 17.3 Å². The minimum absolute atomic E-state index is 0.0484. The fraction of sp³-hybridized carbons (Fsp3) is 0.174. The molecular weight excluding hydrogens is 476 g/mol. The lowest BCUT2D eigenvalue weighted by molar-refractivity contribution is -0.384. The number of unbranched alkanes of at least 4 members (excludes halogenated alkanes) is 1. The SMILES string of the molecule is CCCCc1nc2ccc(Br)cc2c(=O)n1N=Cc1ccc(-c2ccccc2[N+](=O)[O-])o1. The molecule has 2 aromatic carbocycles. The zero-order chi connectivity index (χ0) is 22.7. The first-order valence-corrected chi connectivity index (χ1v) is 10.9. The average molecular weight is 495 g/mol. The number of nitrogens with zero attached hydrogens (tertiary/aromatic N) is 4. The van der Waals surface area contributed by atoms with Crippen LogP contribution in [-0.4, -0.2) is 20.8 Å². The summed E-state index contributed by atoms with van der Waals surface area (Å²) < 4.78 is 7.82. The number of furan rings is 1. The number of para-hydroxylation sites is 1. The van der Waals surface area contributed by atoms with Gasteiger partial charge in [-0.15, -0.1) is 0 Å². The molecule has 8 nitrogen and oxygen atoms in total. The Morgan fingerprint density at radius 1 is 1.22 bits per heavy atom. The summed E-state index contributed by atoms with van der Waals surface area (Å²) in [5, 5.41) is 16.1. The molecular formula is C23H19BrN4O4. The summed E-state index contributed by atoms with van der Waals surface area (Å²) >= 11 is 3.39. The Morgan fingerprint density at radius 3 is 2.81 bits per heavy atom. The number of hydrogen-bond donors (Lipinski definition) is 0. The molecule has 0 spiro atoms. The van der Waals surface area contributed by atoms with Crippen molar-refractivity contribution in [2.45, 2.75) is 26.2 Å². The van der Waals surface area contributed by atoms with Gasteiger partial charge in [0.1, 0.15) is 17.3 Å². The average Bonchev–Trinajstić information content (AvgIpc) is 3.26. The number of halogens is 1. The Kier molecular flexibility index (Phi) is 6.27. The Labute approximate surface area is 191 Å². The maximum absolute atomic E-state index is 13.1. The van der Waals surface area contributed by atoms with Gasteiger partial charge in [-0.3, -0.25) is 14.9 Å². The second-order valence-electron chi connectivity index (χ2n) is 7.13. The van der Waals surface area contributed by atoms with Gasteiger partial charge >= 0.3 is 0 Å². The number of aryl methyl sites for hydroxylation is 1. The first kappa shape index (κ1) is 21.6. The predicted octanol–water partition coefficient (Wildman–Crippen LogP) is 5.55. The van der Waals surface area contributed by atoms with Gasteiger partial charge < -0.3 is 4.42 Å². The highest BCUT2D eigenvalue weighted by atomic mass is 79.9. The zero-order valence-electron chi connectivity index (χ0n) is 17.2. The largest absolute Gasteiger partial charge is 0.455 e. The van der Waals surface area contributed by atoms with Crippen LogP contribution in [-0.2, 0) is 6.42 Å². The van der Waals surface area contributed by atoms with Crippen LogP contribution in [0.15, 0.2) is 73.4 Å². The zero-order valence-corrected chi connectivity index (χ0v) is 18.8. The molecule has 0 radical (unpaired) electrons. The molecule has 2 aromatic heterocycles. The minimum Gasteiger partial charge on any atom is -0.455 e. The van der Waals surface area contributed by atoms with E-state index in [1.54, 1.807) is 42.5 Å². The quantitative estimate of drug-likeness (QED) is 0.190. The molecule has 2 heterocycles. The van der Waals surface area contributed by atoms with Crippen LogP contribution >= 0.6 is 15.9 Å². The molecule has 32 heavy (non-hydrogen) atoms. The van der Waals surface area contributed by atoms with Gasteiger partial charge in [-0.05, 0) is 42.8 Å². The summed E-state index contributed by atoms with van der Waals surface area (Å²) in [4.78, 5) is 28.6. The van der Waals surface area contributed by atoms with E-state index in [0.29, 0.717) is 40.2 Å². The van der Waals surface area contributed by atoms with Crippen molar-refractivity contribution in [2.24, 2.45) is 5.10 Å². The van der Waals surface area contributed by atoms with E-state index in [-0.39, 0.29) is 11.2 Å². The maximum Gasteiger partial charge on any atom is 0.282 e. The first-order chi connectivity index (χ1) is 15.5. The van der Waals surface area contributed by atoms with Gasteiger partial charge in [0, 0.05) is 17.0 Å². The number of rotatable bonds is 7. The van der Waals surface area contributed by atoms with Crippen molar-refractivity contribution in [3.63, 3.8) is 0 Å². The van der Waals surface area contributed by atoms with Gasteiger partial charge in [-0.25, -0.2) is 4.98 Å². The summed E-state index contributed by atoms with van der Waals surface area (Å²) in [5.41, 5.74) is 0.666. The predicted molar refractivity (Wildman–Crippen MR) is 126 cm³/mol. The van der Waals surface area contributed by atoms with Crippen LogP contribution in [0.5, 0.6) is 0 Å². The number of hydrogen-bond acceptors (Lipinski definition) is 6. The Bertz CT molecular complexity index is 1390. The van der Waals surface area contributed by atoms with E-state index in [1.165, 1.54) is 17.0 Å². The summed E-state index contributed by atoms with van der Waals surface area (Å²) in [6.07, 6.45) is 3.84. The molecule has 0 atom stereocenters. The first-order valence-electron chi connectivity index (χ1n) is 10.1. The number of aromatic nitrogens is 2. The van der Waals surface area contributed by atoms with E-state index >= 15 is 0 Å². The molecule has 0 saturated carbocycles. The lowest BCUT2D eigenvalue weighted by atomic mass is 10.1. The molecule has 0 bridgehead atoms. The van der Waals surface area contributed by atoms with Crippen LogP contribution in [0, 0.1) is 10.1 Å². The summed E-state index contributed by atoms with van der Waals surface area (Å²) in [7, 11) is 0. The molecule has 0 N–H and O–H groups in total. The van der Waals surface area contributed by atoms with Crippen molar-refractivity contribution in [2.75, 3.05) is 0 Å². The van der Waals surface area contributed by atoms with Gasteiger partial charge in [0.05, 0.1) is 27.6 Å². The second kappa shape index (κ2) is 9.27. The molecule has 0 aliphatic carbocycles. The molecule has 4 aromatic rings. The highest BCUT2D eigenvalue weighted by Crippen LogP contribution is 2.30. The standard InChI is InChI=1S/C23H19BrN4O4/c1-2-3-8-22-26-19-11-9-15(24)13-18(19)23(29)27(22)25-14-16-10-12-21(32-16)17-6-4-5-7-20(17)28(30)31/h4-7,9-14H,2-3,8H2,1H3. The summed E-state index contributed by atoms with van der Waals surface area (Å²) in [6.45, 7) is 2.07. The topological polar surface area (TPSA) is 104 Å². The fourth-order valence-corrected chi connectivity index (χ4v) is 3.69. The van der Waals surface area contributed by atoms with E-state index in [1.807, 2.05) is 6.07 Å². The molecule has 0 amide bonds. The fourth-order valence-electron chi connectivity index (χ4n) is 3.33. The molecule has 0 unspecified atom stereocenters. The smallest absolute Gasteiger partial charge is 0.282 e. The number of nitro groups is 1. The minimum atomic E-state index is -0.454. The number of fused-ring (bicyclic) bond motifs is 1. The van der Waals surface area contributed by atoms with Crippen molar-refractivity contribution in [3.8, 4) is 11.3 Å². The highest BCUT2D eigenvalue weighted by Gasteiger charge is 2.17. The molecule has 0 aliphatic rings. The monoisotopic (exact) mass is 494 g/mol. The van der Waals surface area contributed by atoms with E-state index in [2.05, 4.69) is 32.9 Å². The number of benzene rings is 2. The summed E-state index contributed by atoms with van der Waals surface area (Å²) in [6, 6.07) is 15.0. The van der Waals surface area contributed by atoms with Crippen LogP contribution in [0.3, 0.4) is 0 Å². The van der Waals surface area contributed by atoms with Crippen LogP contribution < -0.4 is 5.56 Å². The highest BCUT2D eigenvalue weighted by molar-refractivity contribution is 9.10. The normalized spacial score (nSPS) is 11.4. The van der Waals surface area contributed by atoms with Gasteiger partial charge in [-0.2, -0.15) is 9.78 Å². The van der Waals surface area contributed by atoms with Crippen LogP contribution in [0.25, 0.3) is 22.2 Å². The molecule has 4 rings (SSSR count). The molecule has 0 aliphatic heterocycles. The van der Waals surface area contributed by atoms with Crippen molar-refractivity contribution >= 4 is 38.7 Å². The van der Waals surface area contributed by atoms with E-state index in [9.17, 15) is 14.9 Å². The molecule has 0 saturated heterocycles. The third-order valence-corrected chi connectivity index (χ3v) is 5.42. The van der Waals surface area contributed by atoms with Crippen LogP contribution in [0.4, 0.5) is 5.69 Å². The van der Waals surface area contributed by atoms with E-state index < -0.39 is 4.92 Å². The Morgan fingerprint density at radius 2 is 2.03 bits per heavy atom. The summed E-state index contributed by atoms with van der Waals surface area (Å²) in [5.74, 6) is 1.27. The Hall–Kier alpha value is -3.59. The molecule has 162 valence electrons. The third-order valence-electron chi connectivity index (χ3n) is 4.92. The molecule has 9 heteroatoms. The van der Waals surface area contributed by atoms with Crippen LogP contribution in [0.2, 0.25) is 0 Å². The maximum atomic E-state index is 13.1. The van der Waals surface area contributed by atoms with Gasteiger partial charge in [-0.1, -0.05) is 41.4 Å². The van der Waals surface area contributed by atoms with E-state index in [4.69, 9.17) is 4.42 Å². The van der Waals surface area contributed by atoms with Crippen molar-refractivity contribution in [1.29, 1.82) is 0 Å². The Balaban J connectivity index is 1.74. The van der Waals surface area contributed by atoms with Crippen molar-refractivity contribution in [3.05, 3.63) is 91.1 Å². The molecule has 0 fully saturated rings. The second-order valence-corrected chi connectivity index (χ2v) is 8.05. The van der Waals surface area contributed by atoms with Gasteiger partial charge in [0.25, 0.3) is 11.2 Å². The van der Waals surface area contributed by atoms with Crippen LogP contribution in [0.1, 0.15) is 31.4 Å². The van der Waals surface area contributed by atoms with Crippen molar-refractivity contribution in [1.82, 2.24) is 9.66 Å². The lowest BCUT2D eigenvalue weighted by Gasteiger charge is -2.08. The number of nitro benzene ring substituents is 1. The van der Waals surface area contributed by atoms with Crippen molar-refractivity contribution < 1.29 is 9.34 Å².